The van der Waals surface area contributed by atoms with E-state index in [-0.39, 0.29) is 0 Å². The number of hydrogen-bond donors (Lipinski definition) is 2. The summed E-state index contributed by atoms with van der Waals surface area (Å²) in [6.07, 6.45) is 6.11. The van der Waals surface area contributed by atoms with Gasteiger partial charge in [0.1, 0.15) is 0 Å². The second kappa shape index (κ2) is 7.36. The van der Waals surface area contributed by atoms with Crippen LogP contribution in [0.3, 0.4) is 0 Å². The molecule has 0 aliphatic carbocycles. The van der Waals surface area contributed by atoms with Crippen molar-refractivity contribution in [1.29, 1.82) is 0 Å². The Labute approximate surface area is 136 Å². The normalized spacial score (nSPS) is 17.5. The van der Waals surface area contributed by atoms with Crippen LogP contribution in [-0.2, 0) is 13.1 Å². The summed E-state index contributed by atoms with van der Waals surface area (Å²) in [5.74, 6) is 2.15. The molecule has 1 aliphatic heterocycles. The Morgan fingerprint density at radius 1 is 1.09 bits per heavy atom. The van der Waals surface area contributed by atoms with Crippen molar-refractivity contribution in [2.24, 2.45) is 0 Å². The highest BCUT2D eigenvalue weighted by atomic mass is 32.2. The van der Waals surface area contributed by atoms with Crippen molar-refractivity contribution in [1.82, 2.24) is 9.88 Å². The van der Waals surface area contributed by atoms with E-state index in [9.17, 15) is 5.11 Å². The Hall–Kier alpha value is -1.23. The van der Waals surface area contributed by atoms with Crippen LogP contribution in [0.25, 0.3) is 0 Å². The molecule has 1 fully saturated rings. The van der Waals surface area contributed by atoms with Gasteiger partial charge in [-0.1, -0.05) is 30.3 Å². The summed E-state index contributed by atoms with van der Waals surface area (Å²) in [6.45, 7) is 2.41. The molecule has 0 radical (unpaired) electrons. The monoisotopic (exact) mass is 316 g/mol. The second-order valence-corrected chi connectivity index (χ2v) is 7.34. The zero-order valence-electron chi connectivity index (χ0n) is 12.9. The minimum atomic E-state index is -0.502. The van der Waals surface area contributed by atoms with Gasteiger partial charge in [-0.2, -0.15) is 11.8 Å². The summed E-state index contributed by atoms with van der Waals surface area (Å²) in [5.41, 5.74) is 2.08. The molecule has 118 valence electrons. The van der Waals surface area contributed by atoms with E-state index in [1.807, 2.05) is 17.8 Å². The van der Waals surface area contributed by atoms with Crippen molar-refractivity contribution in [2.45, 2.75) is 31.5 Å². The Balaban J connectivity index is 1.47. The number of rotatable bonds is 6. The van der Waals surface area contributed by atoms with Crippen molar-refractivity contribution < 1.29 is 5.11 Å². The van der Waals surface area contributed by atoms with E-state index >= 15 is 0 Å². The number of nitrogens with zero attached hydrogens (tertiary/aromatic N) is 1. The lowest BCUT2D eigenvalue weighted by Crippen LogP contribution is -2.43. The lowest BCUT2D eigenvalue weighted by Gasteiger charge is -2.31. The van der Waals surface area contributed by atoms with Crippen LogP contribution in [0.2, 0.25) is 0 Å². The van der Waals surface area contributed by atoms with Crippen LogP contribution in [0.4, 0.5) is 0 Å². The molecule has 1 aromatic carbocycles. The Kier molecular flexibility index (Phi) is 5.24. The summed E-state index contributed by atoms with van der Waals surface area (Å²) in [7, 11) is 0. The van der Waals surface area contributed by atoms with E-state index in [4.69, 9.17) is 0 Å². The number of aromatic nitrogens is 1. The number of benzene rings is 1. The second-order valence-electron chi connectivity index (χ2n) is 6.12. The average molecular weight is 316 g/mol. The van der Waals surface area contributed by atoms with Crippen LogP contribution in [0.15, 0.2) is 48.8 Å². The van der Waals surface area contributed by atoms with E-state index in [1.165, 1.54) is 11.1 Å². The lowest BCUT2D eigenvalue weighted by atomic mass is 9.97. The maximum absolute atomic E-state index is 10.5. The van der Waals surface area contributed by atoms with Gasteiger partial charge in [0.05, 0.1) is 5.60 Å². The van der Waals surface area contributed by atoms with Crippen molar-refractivity contribution >= 4 is 11.8 Å². The molecule has 2 aromatic rings. The van der Waals surface area contributed by atoms with Crippen LogP contribution in [0.5, 0.6) is 0 Å². The first-order chi connectivity index (χ1) is 10.7. The molecule has 1 aromatic heterocycles. The smallest absolute Gasteiger partial charge is 0.0787 e. The van der Waals surface area contributed by atoms with Gasteiger partial charge in [-0.25, -0.2) is 0 Å². The van der Waals surface area contributed by atoms with Gasteiger partial charge < -0.3 is 15.0 Å². The molecule has 0 bridgehead atoms. The van der Waals surface area contributed by atoms with Gasteiger partial charge in [0, 0.05) is 32.0 Å². The zero-order valence-corrected chi connectivity index (χ0v) is 13.7. The number of hydrogen-bond acceptors (Lipinski definition) is 3. The molecule has 3 rings (SSSR count). The predicted octanol–water partition coefficient (Wildman–Crippen LogP) is 2.88. The van der Waals surface area contributed by atoms with E-state index in [1.54, 1.807) is 0 Å². The van der Waals surface area contributed by atoms with Crippen LogP contribution >= 0.6 is 11.8 Å². The summed E-state index contributed by atoms with van der Waals surface area (Å²) >= 11 is 1.94. The van der Waals surface area contributed by atoms with Crippen molar-refractivity contribution in [3.8, 4) is 0 Å². The molecule has 0 amide bonds. The van der Waals surface area contributed by atoms with Crippen LogP contribution in [0, 0.1) is 0 Å². The van der Waals surface area contributed by atoms with Crippen LogP contribution < -0.4 is 5.32 Å². The summed E-state index contributed by atoms with van der Waals surface area (Å²) in [5, 5.41) is 13.9. The fourth-order valence-corrected chi connectivity index (χ4v) is 4.11. The predicted molar refractivity (Wildman–Crippen MR) is 93.2 cm³/mol. The highest BCUT2D eigenvalue weighted by Crippen LogP contribution is 2.26. The molecule has 3 nitrogen and oxygen atoms in total. The van der Waals surface area contributed by atoms with Gasteiger partial charge in [-0.05, 0) is 41.5 Å². The van der Waals surface area contributed by atoms with E-state index in [0.717, 1.165) is 37.4 Å². The highest BCUT2D eigenvalue weighted by molar-refractivity contribution is 7.99. The molecular weight excluding hydrogens is 292 g/mol. The third kappa shape index (κ3) is 4.38. The number of aliphatic hydroxyl groups is 1. The minimum Gasteiger partial charge on any atom is -0.389 e. The molecule has 2 N–H and O–H groups in total. The summed E-state index contributed by atoms with van der Waals surface area (Å²) in [6, 6.07) is 12.6. The van der Waals surface area contributed by atoms with Gasteiger partial charge in [-0.15, -0.1) is 0 Å². The average Bonchev–Trinajstić information content (AvgIpc) is 2.96. The molecule has 0 atom stereocenters. The number of nitrogens with one attached hydrogen (secondary N) is 1. The SMILES string of the molecule is OC1(CNCc2ccn(Cc3ccccc3)c2)CCSCC1. The largest absolute Gasteiger partial charge is 0.389 e. The van der Waals surface area contributed by atoms with Gasteiger partial charge in [0.2, 0.25) is 0 Å². The first kappa shape index (κ1) is 15.7. The molecule has 0 spiro atoms. The highest BCUT2D eigenvalue weighted by Gasteiger charge is 2.28. The number of thioether (sulfide) groups is 1. The minimum absolute atomic E-state index is 0.502. The Morgan fingerprint density at radius 3 is 2.64 bits per heavy atom. The third-order valence-electron chi connectivity index (χ3n) is 4.23. The maximum Gasteiger partial charge on any atom is 0.0787 e. The fraction of sp³-hybridized carbons (Fsp3) is 0.444. The van der Waals surface area contributed by atoms with Crippen LogP contribution in [0.1, 0.15) is 24.0 Å². The van der Waals surface area contributed by atoms with Crippen molar-refractivity contribution in [3.05, 3.63) is 59.9 Å². The van der Waals surface area contributed by atoms with Gasteiger partial charge in [0.25, 0.3) is 0 Å². The Bertz CT molecular complexity index is 576. The zero-order chi connectivity index (χ0) is 15.3. The molecule has 1 saturated heterocycles. The topological polar surface area (TPSA) is 37.2 Å². The standard InChI is InChI=1S/C18H24N2OS/c21-18(7-10-22-11-8-18)15-19-12-17-6-9-20(14-17)13-16-4-2-1-3-5-16/h1-6,9,14,19,21H,7-8,10-13,15H2. The molecule has 4 heteroatoms. The molecule has 0 unspecified atom stereocenters. The first-order valence-corrected chi connectivity index (χ1v) is 9.08. The maximum atomic E-state index is 10.5. The first-order valence-electron chi connectivity index (χ1n) is 7.93. The van der Waals surface area contributed by atoms with Gasteiger partial charge in [-0.3, -0.25) is 0 Å². The summed E-state index contributed by atoms with van der Waals surface area (Å²) in [4.78, 5) is 0. The molecule has 2 heterocycles. The van der Waals surface area contributed by atoms with Gasteiger partial charge >= 0.3 is 0 Å². The molecule has 22 heavy (non-hydrogen) atoms. The van der Waals surface area contributed by atoms with E-state index in [2.05, 4.69) is 52.6 Å². The van der Waals surface area contributed by atoms with Gasteiger partial charge in [0.15, 0.2) is 0 Å². The Morgan fingerprint density at radius 2 is 1.86 bits per heavy atom. The summed E-state index contributed by atoms with van der Waals surface area (Å²) < 4.78 is 2.21. The quantitative estimate of drug-likeness (QED) is 0.860. The van der Waals surface area contributed by atoms with E-state index < -0.39 is 5.60 Å². The molecular formula is C18H24N2OS. The third-order valence-corrected chi connectivity index (χ3v) is 5.21. The fourth-order valence-electron chi connectivity index (χ4n) is 2.86. The molecule has 0 saturated carbocycles. The van der Waals surface area contributed by atoms with Crippen LogP contribution in [-0.4, -0.2) is 33.3 Å². The molecule has 1 aliphatic rings. The van der Waals surface area contributed by atoms with E-state index in [0.29, 0.717) is 6.54 Å². The lowest BCUT2D eigenvalue weighted by molar-refractivity contribution is 0.0320. The van der Waals surface area contributed by atoms with Crippen molar-refractivity contribution in [3.63, 3.8) is 0 Å². The van der Waals surface area contributed by atoms with Crippen molar-refractivity contribution in [2.75, 3.05) is 18.1 Å².